The highest BCUT2D eigenvalue weighted by Crippen LogP contribution is 2.23. The summed E-state index contributed by atoms with van der Waals surface area (Å²) < 4.78 is 0. The molecule has 100 valence electrons. The number of nitrogens with two attached hydrogens (primary N) is 1. The van der Waals surface area contributed by atoms with Crippen molar-refractivity contribution in [2.75, 3.05) is 0 Å². The lowest BCUT2D eigenvalue weighted by Crippen LogP contribution is -2.30. The van der Waals surface area contributed by atoms with Crippen LogP contribution >= 0.6 is 11.8 Å². The molecule has 0 aromatic heterocycles. The number of benzene rings is 1. The molecule has 0 aliphatic carbocycles. The van der Waals surface area contributed by atoms with Gasteiger partial charge in [-0.3, -0.25) is 9.59 Å². The van der Waals surface area contributed by atoms with E-state index in [0.29, 0.717) is 0 Å². The lowest BCUT2D eigenvalue weighted by molar-refractivity contribution is -0.124. The molecule has 1 aromatic carbocycles. The van der Waals surface area contributed by atoms with Crippen LogP contribution in [-0.2, 0) is 9.59 Å². The van der Waals surface area contributed by atoms with Crippen molar-refractivity contribution in [3.8, 4) is 0 Å². The van der Waals surface area contributed by atoms with E-state index in [1.165, 1.54) is 0 Å². The summed E-state index contributed by atoms with van der Waals surface area (Å²) in [4.78, 5) is 26.9. The zero-order valence-corrected chi connectivity index (χ0v) is 11.3. The molecule has 2 amide bonds. The zero-order valence-electron chi connectivity index (χ0n) is 10.5. The number of amides is 2. The van der Waals surface area contributed by atoms with Crippen LogP contribution < -0.4 is 11.1 Å². The van der Waals surface area contributed by atoms with Crippen molar-refractivity contribution in [2.24, 2.45) is 10.7 Å². The van der Waals surface area contributed by atoms with Crippen molar-refractivity contribution in [3.05, 3.63) is 35.9 Å². The molecule has 1 aliphatic heterocycles. The molecule has 0 fully saturated rings. The fourth-order valence-corrected chi connectivity index (χ4v) is 2.65. The Bertz CT molecular complexity index is 516. The van der Waals surface area contributed by atoms with Gasteiger partial charge in [-0.1, -0.05) is 42.1 Å². The molecular formula is C13H15N3O2S. The van der Waals surface area contributed by atoms with Gasteiger partial charge in [-0.15, -0.1) is 0 Å². The molecule has 0 saturated heterocycles. The molecule has 2 rings (SSSR count). The number of aliphatic imine (C=N–C) groups is 1. The Kier molecular flexibility index (Phi) is 4.21. The van der Waals surface area contributed by atoms with Gasteiger partial charge in [-0.25, -0.2) is 0 Å². The van der Waals surface area contributed by atoms with Gasteiger partial charge >= 0.3 is 0 Å². The second-order valence-electron chi connectivity index (χ2n) is 4.30. The van der Waals surface area contributed by atoms with Gasteiger partial charge in [-0.2, -0.15) is 4.99 Å². The van der Waals surface area contributed by atoms with E-state index in [-0.39, 0.29) is 29.4 Å². The molecule has 1 aliphatic rings. The molecule has 0 unspecified atom stereocenters. The topological polar surface area (TPSA) is 84.6 Å². The van der Waals surface area contributed by atoms with Crippen molar-refractivity contribution in [2.45, 2.75) is 24.6 Å². The molecule has 1 aromatic rings. The highest BCUT2D eigenvalue weighted by molar-refractivity contribution is 8.15. The Morgan fingerprint density at radius 3 is 2.74 bits per heavy atom. The fraction of sp³-hybridized carbons (Fsp3) is 0.308. The normalized spacial score (nSPS) is 19.9. The van der Waals surface area contributed by atoms with Gasteiger partial charge in [0.05, 0.1) is 6.04 Å². The minimum Gasteiger partial charge on any atom is -0.378 e. The van der Waals surface area contributed by atoms with Crippen molar-refractivity contribution >= 4 is 28.7 Å². The van der Waals surface area contributed by atoms with E-state index in [0.717, 1.165) is 17.3 Å². The number of rotatable bonds is 4. The predicted molar refractivity (Wildman–Crippen MR) is 75.6 cm³/mol. The molecule has 2 atom stereocenters. The average molecular weight is 277 g/mol. The van der Waals surface area contributed by atoms with E-state index < -0.39 is 5.25 Å². The standard InChI is InChI=1S/C13H15N3O2S/c1-8(9-5-3-2-4-6-9)15-11(17)7-10-12(18)16-13(14)19-10/h2-6,8,10H,7H2,1H3,(H,15,17)(H2,14,16,18)/t8-,10+/m1/s1. The van der Waals surface area contributed by atoms with Gasteiger partial charge in [-0.05, 0) is 12.5 Å². The van der Waals surface area contributed by atoms with E-state index in [1.54, 1.807) is 0 Å². The Hall–Kier alpha value is -1.82. The largest absolute Gasteiger partial charge is 0.378 e. The maximum Gasteiger partial charge on any atom is 0.262 e. The summed E-state index contributed by atoms with van der Waals surface area (Å²) in [5.41, 5.74) is 6.47. The summed E-state index contributed by atoms with van der Waals surface area (Å²) in [5, 5.41) is 2.61. The molecular weight excluding hydrogens is 262 g/mol. The van der Waals surface area contributed by atoms with Gasteiger partial charge in [0.1, 0.15) is 5.25 Å². The predicted octanol–water partition coefficient (Wildman–Crippen LogP) is 1.21. The summed E-state index contributed by atoms with van der Waals surface area (Å²) in [7, 11) is 0. The highest BCUT2D eigenvalue weighted by atomic mass is 32.2. The first kappa shape index (κ1) is 13.6. The third-order valence-electron chi connectivity index (χ3n) is 2.81. The van der Waals surface area contributed by atoms with Crippen LogP contribution in [0.15, 0.2) is 35.3 Å². The van der Waals surface area contributed by atoms with Crippen LogP contribution in [0.3, 0.4) is 0 Å². The van der Waals surface area contributed by atoms with Crippen molar-refractivity contribution in [1.29, 1.82) is 0 Å². The monoisotopic (exact) mass is 277 g/mol. The van der Waals surface area contributed by atoms with E-state index in [4.69, 9.17) is 5.73 Å². The summed E-state index contributed by atoms with van der Waals surface area (Å²) in [6.07, 6.45) is 0.102. The summed E-state index contributed by atoms with van der Waals surface area (Å²) in [6, 6.07) is 9.56. The average Bonchev–Trinajstić information content (AvgIpc) is 2.68. The SMILES string of the molecule is C[C@@H](NC(=O)C[C@@H]1SC(N)=NC1=O)c1ccccc1. The van der Waals surface area contributed by atoms with Crippen LogP contribution in [0.25, 0.3) is 0 Å². The lowest BCUT2D eigenvalue weighted by atomic mass is 10.1. The third kappa shape index (κ3) is 3.57. The molecule has 19 heavy (non-hydrogen) atoms. The van der Waals surface area contributed by atoms with Gasteiger partial charge in [0, 0.05) is 6.42 Å². The van der Waals surface area contributed by atoms with Gasteiger partial charge in [0.25, 0.3) is 5.91 Å². The van der Waals surface area contributed by atoms with E-state index in [2.05, 4.69) is 10.3 Å². The minimum absolute atomic E-state index is 0.0894. The number of nitrogens with zero attached hydrogens (tertiary/aromatic N) is 1. The van der Waals surface area contributed by atoms with E-state index >= 15 is 0 Å². The van der Waals surface area contributed by atoms with E-state index in [1.807, 2.05) is 37.3 Å². The molecule has 0 saturated carbocycles. The number of carbonyl (C=O) groups is 2. The quantitative estimate of drug-likeness (QED) is 0.866. The van der Waals surface area contributed by atoms with Crippen LogP contribution in [0.4, 0.5) is 0 Å². The number of hydrogen-bond acceptors (Lipinski definition) is 4. The highest BCUT2D eigenvalue weighted by Gasteiger charge is 2.29. The Balaban J connectivity index is 1.87. The Morgan fingerprint density at radius 1 is 1.47 bits per heavy atom. The summed E-state index contributed by atoms with van der Waals surface area (Å²) in [5.74, 6) is -0.503. The number of nitrogens with one attached hydrogen (secondary N) is 1. The van der Waals surface area contributed by atoms with E-state index in [9.17, 15) is 9.59 Å². The van der Waals surface area contributed by atoms with Crippen LogP contribution in [0.1, 0.15) is 24.9 Å². The zero-order chi connectivity index (χ0) is 13.8. The maximum absolute atomic E-state index is 11.9. The fourth-order valence-electron chi connectivity index (χ4n) is 1.83. The van der Waals surface area contributed by atoms with Crippen LogP contribution in [-0.4, -0.2) is 22.2 Å². The first-order valence-electron chi connectivity index (χ1n) is 5.95. The molecule has 3 N–H and O–H groups in total. The van der Waals surface area contributed by atoms with Crippen molar-refractivity contribution in [3.63, 3.8) is 0 Å². The van der Waals surface area contributed by atoms with Crippen molar-refractivity contribution < 1.29 is 9.59 Å². The van der Waals surface area contributed by atoms with Gasteiger partial charge in [0.15, 0.2) is 5.17 Å². The molecule has 0 bridgehead atoms. The van der Waals surface area contributed by atoms with Gasteiger partial charge < -0.3 is 11.1 Å². The van der Waals surface area contributed by atoms with Crippen molar-refractivity contribution in [1.82, 2.24) is 5.32 Å². The third-order valence-corrected chi connectivity index (χ3v) is 3.79. The molecule has 0 spiro atoms. The molecule has 0 radical (unpaired) electrons. The maximum atomic E-state index is 11.9. The van der Waals surface area contributed by atoms with Crippen LogP contribution in [0.5, 0.6) is 0 Å². The second-order valence-corrected chi connectivity index (χ2v) is 5.52. The molecule has 1 heterocycles. The Morgan fingerprint density at radius 2 is 2.16 bits per heavy atom. The summed E-state index contributed by atoms with van der Waals surface area (Å²) in [6.45, 7) is 1.90. The minimum atomic E-state index is -0.483. The Labute approximate surface area is 115 Å². The molecule has 6 heteroatoms. The smallest absolute Gasteiger partial charge is 0.262 e. The second kappa shape index (κ2) is 5.88. The molecule has 5 nitrogen and oxygen atoms in total. The van der Waals surface area contributed by atoms with Gasteiger partial charge in [0.2, 0.25) is 5.91 Å². The lowest BCUT2D eigenvalue weighted by Gasteiger charge is -2.15. The first-order chi connectivity index (χ1) is 9.06. The summed E-state index contributed by atoms with van der Waals surface area (Å²) >= 11 is 1.14. The number of thioether (sulfide) groups is 1. The number of amidine groups is 1. The number of hydrogen-bond donors (Lipinski definition) is 2. The van der Waals surface area contributed by atoms with Crippen LogP contribution in [0.2, 0.25) is 0 Å². The first-order valence-corrected chi connectivity index (χ1v) is 6.83. The number of carbonyl (C=O) groups excluding carboxylic acids is 2. The van der Waals surface area contributed by atoms with Crippen LogP contribution in [0, 0.1) is 0 Å².